The third-order valence-corrected chi connectivity index (χ3v) is 4.86. The van der Waals surface area contributed by atoms with Crippen LogP contribution in [0.5, 0.6) is 0 Å². The van der Waals surface area contributed by atoms with E-state index in [-0.39, 0.29) is 23.6 Å². The van der Waals surface area contributed by atoms with Gasteiger partial charge < -0.3 is 10.2 Å². The van der Waals surface area contributed by atoms with E-state index in [9.17, 15) is 13.8 Å². The number of carbonyl (C=O) groups excluding carboxylic acids is 2. The van der Waals surface area contributed by atoms with Crippen LogP contribution in [0.15, 0.2) is 30.3 Å². The van der Waals surface area contributed by atoms with Gasteiger partial charge in [0.1, 0.15) is 5.75 Å². The van der Waals surface area contributed by atoms with Gasteiger partial charge in [-0.2, -0.15) is 0 Å². The molecule has 1 fully saturated rings. The molecule has 1 aromatic rings. The van der Waals surface area contributed by atoms with Crippen molar-refractivity contribution in [2.45, 2.75) is 31.6 Å². The van der Waals surface area contributed by atoms with E-state index in [1.807, 2.05) is 30.3 Å². The first-order valence-corrected chi connectivity index (χ1v) is 8.97. The van der Waals surface area contributed by atoms with Gasteiger partial charge >= 0.3 is 0 Å². The lowest BCUT2D eigenvalue weighted by Crippen LogP contribution is -2.50. The van der Waals surface area contributed by atoms with Gasteiger partial charge in [-0.05, 0) is 18.4 Å². The standard InChI is InChI=1S/C16H22N2O3S/c1-13(19)17-15-8-5-9-18(10-15)16(20)12-22(21)11-14-6-3-2-4-7-14/h2-4,6-7,15H,5,8-12H2,1H3,(H,17,19)/t15-,22-/m1/s1. The summed E-state index contributed by atoms with van der Waals surface area (Å²) in [7, 11) is -1.20. The van der Waals surface area contributed by atoms with Crippen molar-refractivity contribution < 1.29 is 13.8 Å². The number of hydrogen-bond donors (Lipinski definition) is 1. The fraction of sp³-hybridized carbons (Fsp3) is 0.500. The molecular weight excluding hydrogens is 300 g/mol. The Morgan fingerprint density at radius 2 is 2.05 bits per heavy atom. The summed E-state index contributed by atoms with van der Waals surface area (Å²) in [5.74, 6) is 0.272. The molecule has 0 bridgehead atoms. The Labute approximate surface area is 133 Å². The Morgan fingerprint density at radius 1 is 1.32 bits per heavy atom. The lowest BCUT2D eigenvalue weighted by molar-refractivity contribution is -0.130. The van der Waals surface area contributed by atoms with Crippen molar-refractivity contribution in [1.82, 2.24) is 10.2 Å². The van der Waals surface area contributed by atoms with Crippen LogP contribution in [-0.4, -0.2) is 45.8 Å². The molecule has 0 unspecified atom stereocenters. The summed E-state index contributed by atoms with van der Waals surface area (Å²) in [6.45, 7) is 2.67. The molecule has 0 radical (unpaired) electrons. The molecule has 1 N–H and O–H groups in total. The van der Waals surface area contributed by atoms with E-state index < -0.39 is 10.8 Å². The van der Waals surface area contributed by atoms with E-state index >= 15 is 0 Å². The number of nitrogens with zero attached hydrogens (tertiary/aromatic N) is 1. The van der Waals surface area contributed by atoms with Gasteiger partial charge in [0, 0.05) is 42.6 Å². The fourth-order valence-corrected chi connectivity index (χ4v) is 3.77. The summed E-state index contributed by atoms with van der Waals surface area (Å²) in [6, 6.07) is 9.55. The molecule has 1 saturated heterocycles. The zero-order valence-electron chi connectivity index (χ0n) is 12.8. The van der Waals surface area contributed by atoms with Crippen LogP contribution in [0.4, 0.5) is 0 Å². The molecule has 0 saturated carbocycles. The SMILES string of the molecule is CC(=O)N[C@@H]1CCCN(C(=O)C[S@](=O)Cc2ccccc2)C1. The minimum Gasteiger partial charge on any atom is -0.352 e. The van der Waals surface area contributed by atoms with Crippen LogP contribution in [0.25, 0.3) is 0 Å². The molecule has 2 amide bonds. The summed E-state index contributed by atoms with van der Waals surface area (Å²) >= 11 is 0. The van der Waals surface area contributed by atoms with Crippen molar-refractivity contribution in [3.8, 4) is 0 Å². The first kappa shape index (κ1) is 16.7. The van der Waals surface area contributed by atoms with Crippen molar-refractivity contribution in [2.75, 3.05) is 18.8 Å². The monoisotopic (exact) mass is 322 g/mol. The normalized spacial score (nSPS) is 19.5. The van der Waals surface area contributed by atoms with E-state index in [0.717, 1.165) is 18.4 Å². The quantitative estimate of drug-likeness (QED) is 0.881. The fourth-order valence-electron chi connectivity index (χ4n) is 2.65. The highest BCUT2D eigenvalue weighted by molar-refractivity contribution is 7.84. The molecule has 1 aliphatic rings. The summed E-state index contributed by atoms with van der Waals surface area (Å²) in [4.78, 5) is 25.1. The van der Waals surface area contributed by atoms with Crippen LogP contribution in [0.1, 0.15) is 25.3 Å². The maximum absolute atomic E-state index is 12.3. The first-order valence-electron chi connectivity index (χ1n) is 7.48. The molecular formula is C16H22N2O3S. The van der Waals surface area contributed by atoms with Gasteiger partial charge in [0.05, 0.1) is 0 Å². The molecule has 0 aliphatic carbocycles. The van der Waals surface area contributed by atoms with Crippen LogP contribution >= 0.6 is 0 Å². The number of carbonyl (C=O) groups is 2. The lowest BCUT2D eigenvalue weighted by Gasteiger charge is -2.33. The van der Waals surface area contributed by atoms with Gasteiger partial charge in [-0.3, -0.25) is 13.8 Å². The number of rotatable bonds is 5. The minimum atomic E-state index is -1.20. The molecule has 1 aliphatic heterocycles. The van der Waals surface area contributed by atoms with E-state index in [1.165, 1.54) is 6.92 Å². The zero-order chi connectivity index (χ0) is 15.9. The van der Waals surface area contributed by atoms with Crippen molar-refractivity contribution >= 4 is 22.6 Å². The molecule has 0 aromatic heterocycles. The van der Waals surface area contributed by atoms with E-state index in [1.54, 1.807) is 4.90 Å². The number of likely N-dealkylation sites (tertiary alicyclic amines) is 1. The molecule has 1 heterocycles. The summed E-state index contributed by atoms with van der Waals surface area (Å²) in [5.41, 5.74) is 0.975. The van der Waals surface area contributed by atoms with Crippen LogP contribution < -0.4 is 5.32 Å². The predicted octanol–water partition coefficient (Wildman–Crippen LogP) is 1.06. The second kappa shape index (κ2) is 8.08. The van der Waals surface area contributed by atoms with E-state index in [4.69, 9.17) is 0 Å². The second-order valence-electron chi connectivity index (χ2n) is 5.59. The van der Waals surface area contributed by atoms with Gasteiger partial charge in [-0.15, -0.1) is 0 Å². The number of nitrogens with one attached hydrogen (secondary N) is 1. The zero-order valence-corrected chi connectivity index (χ0v) is 13.6. The lowest BCUT2D eigenvalue weighted by atomic mass is 10.1. The first-order chi connectivity index (χ1) is 10.5. The topological polar surface area (TPSA) is 66.5 Å². The molecule has 6 heteroatoms. The van der Waals surface area contributed by atoms with Crippen LogP contribution in [-0.2, 0) is 26.1 Å². The second-order valence-corrected chi connectivity index (χ2v) is 7.05. The average molecular weight is 322 g/mol. The molecule has 2 rings (SSSR count). The Bertz CT molecular complexity index is 548. The largest absolute Gasteiger partial charge is 0.352 e. The Hall–Kier alpha value is -1.69. The van der Waals surface area contributed by atoms with E-state index in [0.29, 0.717) is 18.8 Å². The highest BCUT2D eigenvalue weighted by Gasteiger charge is 2.24. The molecule has 22 heavy (non-hydrogen) atoms. The van der Waals surface area contributed by atoms with Crippen molar-refractivity contribution in [3.05, 3.63) is 35.9 Å². The van der Waals surface area contributed by atoms with Crippen LogP contribution in [0, 0.1) is 0 Å². The van der Waals surface area contributed by atoms with Gasteiger partial charge in [0.25, 0.3) is 0 Å². The summed E-state index contributed by atoms with van der Waals surface area (Å²) < 4.78 is 12.1. The van der Waals surface area contributed by atoms with Gasteiger partial charge in [0.2, 0.25) is 11.8 Å². The van der Waals surface area contributed by atoms with Crippen molar-refractivity contribution in [1.29, 1.82) is 0 Å². The van der Waals surface area contributed by atoms with Crippen LogP contribution in [0.2, 0.25) is 0 Å². The maximum Gasteiger partial charge on any atom is 0.235 e. The summed E-state index contributed by atoms with van der Waals surface area (Å²) in [6.07, 6.45) is 1.75. The number of piperidine rings is 1. The van der Waals surface area contributed by atoms with Crippen molar-refractivity contribution in [2.24, 2.45) is 0 Å². The maximum atomic E-state index is 12.3. The number of benzene rings is 1. The van der Waals surface area contributed by atoms with Gasteiger partial charge in [0.15, 0.2) is 0 Å². The summed E-state index contributed by atoms with van der Waals surface area (Å²) in [5, 5.41) is 2.85. The smallest absolute Gasteiger partial charge is 0.235 e. The third-order valence-electron chi connectivity index (χ3n) is 3.64. The highest BCUT2D eigenvalue weighted by atomic mass is 32.2. The molecule has 1 aromatic carbocycles. The Kier molecular flexibility index (Phi) is 6.12. The van der Waals surface area contributed by atoms with Gasteiger partial charge in [-0.25, -0.2) is 0 Å². The highest BCUT2D eigenvalue weighted by Crippen LogP contribution is 2.11. The molecule has 0 spiro atoms. The molecule has 120 valence electrons. The van der Waals surface area contributed by atoms with E-state index in [2.05, 4.69) is 5.32 Å². The Balaban J connectivity index is 1.83. The Morgan fingerprint density at radius 3 is 2.73 bits per heavy atom. The van der Waals surface area contributed by atoms with Gasteiger partial charge in [-0.1, -0.05) is 30.3 Å². The predicted molar refractivity (Wildman–Crippen MR) is 86.6 cm³/mol. The van der Waals surface area contributed by atoms with Crippen molar-refractivity contribution in [3.63, 3.8) is 0 Å². The average Bonchev–Trinajstić information content (AvgIpc) is 2.47. The minimum absolute atomic E-state index is 0.0118. The molecule has 2 atom stereocenters. The number of hydrogen-bond acceptors (Lipinski definition) is 3. The molecule has 5 nitrogen and oxygen atoms in total. The van der Waals surface area contributed by atoms with Crippen LogP contribution in [0.3, 0.4) is 0 Å². The third kappa shape index (κ3) is 5.26. The number of amides is 2.